The summed E-state index contributed by atoms with van der Waals surface area (Å²) in [6.07, 6.45) is 0. The van der Waals surface area contributed by atoms with Crippen LogP contribution >= 0.6 is 0 Å². The van der Waals surface area contributed by atoms with Gasteiger partial charge in [0.05, 0.1) is 0 Å². The van der Waals surface area contributed by atoms with Crippen molar-refractivity contribution in [1.82, 2.24) is 15.0 Å². The molecule has 0 aliphatic carbocycles. The van der Waals surface area contributed by atoms with E-state index in [1.807, 2.05) is 13.8 Å². The number of rotatable bonds is 5. The quantitative estimate of drug-likeness (QED) is 0.539. The van der Waals surface area contributed by atoms with Crippen LogP contribution in [0.25, 0.3) is 11.4 Å². The van der Waals surface area contributed by atoms with Crippen molar-refractivity contribution >= 4 is 17.6 Å². The highest BCUT2D eigenvalue weighted by Gasteiger charge is 2.16. The third-order valence-corrected chi connectivity index (χ3v) is 3.42. The monoisotopic (exact) mass is 373 g/mol. The number of anilines is 3. The SMILES string of the molecule is CC(C)Nc1nc(Nc2cc(F)cc(F)c2)nc(-c2c(O)cccc2O)n1. The molecular formula is C18H17F2N5O2. The molecule has 0 saturated carbocycles. The lowest BCUT2D eigenvalue weighted by molar-refractivity contribution is 0.453. The van der Waals surface area contributed by atoms with Crippen molar-refractivity contribution in [2.75, 3.05) is 10.6 Å². The lowest BCUT2D eigenvalue weighted by Crippen LogP contribution is -2.14. The maximum Gasteiger partial charge on any atom is 0.232 e. The first-order valence-electron chi connectivity index (χ1n) is 8.09. The molecule has 0 unspecified atom stereocenters. The van der Waals surface area contributed by atoms with E-state index < -0.39 is 11.6 Å². The van der Waals surface area contributed by atoms with E-state index in [0.717, 1.165) is 18.2 Å². The molecule has 0 aliphatic heterocycles. The van der Waals surface area contributed by atoms with Crippen LogP contribution in [0.15, 0.2) is 36.4 Å². The van der Waals surface area contributed by atoms with Crippen molar-refractivity contribution in [2.24, 2.45) is 0 Å². The molecule has 0 atom stereocenters. The Morgan fingerprint density at radius 3 is 2.07 bits per heavy atom. The second-order valence-corrected chi connectivity index (χ2v) is 6.06. The molecule has 1 aromatic heterocycles. The van der Waals surface area contributed by atoms with Gasteiger partial charge in [-0.05, 0) is 38.1 Å². The molecule has 27 heavy (non-hydrogen) atoms. The maximum atomic E-state index is 13.4. The maximum absolute atomic E-state index is 13.4. The van der Waals surface area contributed by atoms with Gasteiger partial charge in [0, 0.05) is 17.8 Å². The topological polar surface area (TPSA) is 103 Å². The zero-order chi connectivity index (χ0) is 19.6. The van der Waals surface area contributed by atoms with Gasteiger partial charge in [-0.2, -0.15) is 15.0 Å². The summed E-state index contributed by atoms with van der Waals surface area (Å²) in [5.41, 5.74) is 0.113. The molecule has 140 valence electrons. The van der Waals surface area contributed by atoms with E-state index in [2.05, 4.69) is 25.6 Å². The molecule has 0 saturated heterocycles. The molecule has 2 aromatic carbocycles. The molecule has 1 heterocycles. The molecule has 0 fully saturated rings. The van der Waals surface area contributed by atoms with Gasteiger partial charge in [0.15, 0.2) is 5.82 Å². The lowest BCUT2D eigenvalue weighted by atomic mass is 10.1. The fourth-order valence-corrected chi connectivity index (χ4v) is 2.38. The fraction of sp³-hybridized carbons (Fsp3) is 0.167. The van der Waals surface area contributed by atoms with Crippen LogP contribution in [-0.2, 0) is 0 Å². The molecule has 3 aromatic rings. The van der Waals surface area contributed by atoms with E-state index in [-0.39, 0.29) is 46.5 Å². The highest BCUT2D eigenvalue weighted by Crippen LogP contribution is 2.35. The molecule has 7 nitrogen and oxygen atoms in total. The van der Waals surface area contributed by atoms with Gasteiger partial charge >= 0.3 is 0 Å². The smallest absolute Gasteiger partial charge is 0.232 e. The Labute approximate surface area is 153 Å². The van der Waals surface area contributed by atoms with Gasteiger partial charge in [0.1, 0.15) is 28.7 Å². The summed E-state index contributed by atoms with van der Waals surface area (Å²) in [6.45, 7) is 3.74. The highest BCUT2D eigenvalue weighted by atomic mass is 19.1. The summed E-state index contributed by atoms with van der Waals surface area (Å²) >= 11 is 0. The van der Waals surface area contributed by atoms with Crippen LogP contribution in [0.5, 0.6) is 11.5 Å². The molecule has 0 aliphatic rings. The van der Waals surface area contributed by atoms with Crippen molar-refractivity contribution < 1.29 is 19.0 Å². The van der Waals surface area contributed by atoms with E-state index in [1.165, 1.54) is 18.2 Å². The zero-order valence-electron chi connectivity index (χ0n) is 14.5. The first-order valence-corrected chi connectivity index (χ1v) is 8.09. The Morgan fingerprint density at radius 2 is 1.48 bits per heavy atom. The van der Waals surface area contributed by atoms with Crippen molar-refractivity contribution in [3.05, 3.63) is 48.0 Å². The Bertz CT molecular complexity index is 941. The largest absolute Gasteiger partial charge is 0.507 e. The van der Waals surface area contributed by atoms with Crippen LogP contribution in [-0.4, -0.2) is 31.2 Å². The first kappa shape index (κ1) is 18.3. The van der Waals surface area contributed by atoms with Crippen LogP contribution in [0.2, 0.25) is 0 Å². The number of hydrogen-bond acceptors (Lipinski definition) is 7. The van der Waals surface area contributed by atoms with E-state index in [4.69, 9.17) is 0 Å². The number of phenolic OH excluding ortho intramolecular Hbond substituents is 2. The van der Waals surface area contributed by atoms with E-state index in [1.54, 1.807) is 0 Å². The number of nitrogens with zero attached hydrogens (tertiary/aromatic N) is 3. The van der Waals surface area contributed by atoms with Gasteiger partial charge in [-0.3, -0.25) is 0 Å². The molecule has 0 bridgehead atoms. The number of nitrogens with one attached hydrogen (secondary N) is 2. The second kappa shape index (κ2) is 7.40. The van der Waals surface area contributed by atoms with Crippen molar-refractivity contribution in [3.8, 4) is 22.9 Å². The number of halogens is 2. The van der Waals surface area contributed by atoms with Crippen molar-refractivity contribution in [3.63, 3.8) is 0 Å². The van der Waals surface area contributed by atoms with Crippen LogP contribution in [0, 0.1) is 11.6 Å². The van der Waals surface area contributed by atoms with Crippen LogP contribution < -0.4 is 10.6 Å². The minimum Gasteiger partial charge on any atom is -0.507 e. The van der Waals surface area contributed by atoms with Gasteiger partial charge < -0.3 is 20.8 Å². The van der Waals surface area contributed by atoms with Crippen LogP contribution in [0.1, 0.15) is 13.8 Å². The average Bonchev–Trinajstić information content (AvgIpc) is 2.52. The first-order chi connectivity index (χ1) is 12.8. The van der Waals surface area contributed by atoms with Crippen LogP contribution in [0.4, 0.5) is 26.4 Å². The number of aromatic nitrogens is 3. The van der Waals surface area contributed by atoms with Crippen molar-refractivity contribution in [2.45, 2.75) is 19.9 Å². The number of aromatic hydroxyl groups is 2. The summed E-state index contributed by atoms with van der Waals surface area (Å²) in [6, 6.07) is 7.12. The summed E-state index contributed by atoms with van der Waals surface area (Å²) in [5, 5.41) is 25.8. The zero-order valence-corrected chi connectivity index (χ0v) is 14.5. The molecule has 3 rings (SSSR count). The minimum absolute atomic E-state index is 0.0110. The Hall–Kier alpha value is -3.49. The van der Waals surface area contributed by atoms with Crippen molar-refractivity contribution in [1.29, 1.82) is 0 Å². The summed E-state index contributed by atoms with van der Waals surface area (Å²) in [4.78, 5) is 12.5. The standard InChI is InChI=1S/C18H17F2N5O2/c1-9(2)21-17-23-16(15-13(26)4-3-5-14(15)27)24-18(25-17)22-12-7-10(19)6-11(20)8-12/h3-9,26-27H,1-2H3,(H2,21,22,23,24,25). The number of benzene rings is 2. The van der Waals surface area contributed by atoms with E-state index in [9.17, 15) is 19.0 Å². The van der Waals surface area contributed by atoms with Gasteiger partial charge in [0.2, 0.25) is 11.9 Å². The van der Waals surface area contributed by atoms with Crippen LogP contribution in [0.3, 0.4) is 0 Å². The molecular weight excluding hydrogens is 356 g/mol. The Balaban J connectivity index is 2.08. The third-order valence-electron chi connectivity index (χ3n) is 3.42. The minimum atomic E-state index is -0.759. The summed E-state index contributed by atoms with van der Waals surface area (Å²) in [5.74, 6) is -1.83. The highest BCUT2D eigenvalue weighted by molar-refractivity contribution is 5.72. The Morgan fingerprint density at radius 1 is 0.889 bits per heavy atom. The Kier molecular flexibility index (Phi) is 5.02. The predicted molar refractivity (Wildman–Crippen MR) is 97.0 cm³/mol. The number of hydrogen-bond donors (Lipinski definition) is 4. The van der Waals surface area contributed by atoms with E-state index in [0.29, 0.717) is 0 Å². The number of phenols is 2. The molecule has 0 radical (unpaired) electrons. The molecule has 0 amide bonds. The molecule has 0 spiro atoms. The molecule has 4 N–H and O–H groups in total. The summed E-state index contributed by atoms with van der Waals surface area (Å²) < 4.78 is 26.8. The molecule has 9 heteroatoms. The lowest BCUT2D eigenvalue weighted by Gasteiger charge is -2.13. The van der Waals surface area contributed by atoms with Gasteiger partial charge in [-0.1, -0.05) is 6.07 Å². The van der Waals surface area contributed by atoms with Gasteiger partial charge in [-0.15, -0.1) is 0 Å². The van der Waals surface area contributed by atoms with Gasteiger partial charge in [-0.25, -0.2) is 8.78 Å². The third kappa shape index (κ3) is 4.38. The normalized spacial score (nSPS) is 10.9. The van der Waals surface area contributed by atoms with E-state index >= 15 is 0 Å². The van der Waals surface area contributed by atoms with Gasteiger partial charge in [0.25, 0.3) is 0 Å². The predicted octanol–water partition coefficient (Wildman–Crippen LogP) is 3.79. The second-order valence-electron chi connectivity index (χ2n) is 6.06. The fourth-order valence-electron chi connectivity index (χ4n) is 2.38. The average molecular weight is 373 g/mol. The summed E-state index contributed by atoms with van der Waals surface area (Å²) in [7, 11) is 0.